The van der Waals surface area contributed by atoms with Gasteiger partial charge in [0.1, 0.15) is 0 Å². The Morgan fingerprint density at radius 2 is 1.78 bits per heavy atom. The number of benzene rings is 2. The minimum absolute atomic E-state index is 0.0238. The molecule has 2 N–H and O–H groups in total. The lowest BCUT2D eigenvalue weighted by Crippen LogP contribution is -2.42. The van der Waals surface area contributed by atoms with Gasteiger partial charge in [-0.15, -0.1) is 0 Å². The minimum Gasteiger partial charge on any atom is -0.343 e. The smallest absolute Gasteiger partial charge is 0.251 e. The Morgan fingerprint density at radius 1 is 1.09 bits per heavy atom. The van der Waals surface area contributed by atoms with Crippen molar-refractivity contribution in [3.8, 4) is 11.3 Å². The van der Waals surface area contributed by atoms with Crippen molar-refractivity contribution in [1.82, 2.24) is 20.4 Å². The standard InChI is InChI=1S/C25H27ClN4O2/c1-25(2,3)18-8-4-17(5-9-18)24(32)27-14-22(31)30-13-12-21-20(15-30)23(29-28-21)16-6-10-19(26)11-7-16/h4-11H,12-15H2,1-3H3,(H,27,32)(H,28,29). The fourth-order valence-corrected chi connectivity index (χ4v) is 3.97. The zero-order valence-electron chi connectivity index (χ0n) is 18.5. The molecule has 0 aliphatic carbocycles. The Morgan fingerprint density at radius 3 is 2.44 bits per heavy atom. The van der Waals surface area contributed by atoms with Crippen molar-refractivity contribution in [2.75, 3.05) is 13.1 Å². The molecule has 0 unspecified atom stereocenters. The lowest BCUT2D eigenvalue weighted by Gasteiger charge is -2.27. The highest BCUT2D eigenvalue weighted by molar-refractivity contribution is 6.30. The Labute approximate surface area is 193 Å². The number of carbonyl (C=O) groups excluding carboxylic acids is 2. The largest absolute Gasteiger partial charge is 0.343 e. The number of carbonyl (C=O) groups is 2. The van der Waals surface area contributed by atoms with Crippen LogP contribution in [0.15, 0.2) is 48.5 Å². The molecule has 1 aliphatic heterocycles. The second-order valence-electron chi connectivity index (χ2n) is 9.11. The van der Waals surface area contributed by atoms with Gasteiger partial charge in [-0.1, -0.05) is 56.6 Å². The van der Waals surface area contributed by atoms with E-state index in [2.05, 4.69) is 36.3 Å². The van der Waals surface area contributed by atoms with Gasteiger partial charge in [-0.25, -0.2) is 0 Å². The third-order valence-electron chi connectivity index (χ3n) is 5.82. The number of aromatic amines is 1. The SMILES string of the molecule is CC(C)(C)c1ccc(C(=O)NCC(=O)N2CCc3[nH]nc(-c4ccc(Cl)cc4)c3C2)cc1. The molecule has 0 saturated heterocycles. The molecule has 0 spiro atoms. The van der Waals surface area contributed by atoms with E-state index >= 15 is 0 Å². The molecule has 6 nitrogen and oxygen atoms in total. The van der Waals surface area contributed by atoms with Crippen LogP contribution in [0.1, 0.15) is 48.0 Å². The van der Waals surface area contributed by atoms with Crippen molar-refractivity contribution in [3.05, 3.63) is 75.9 Å². The molecule has 1 aromatic heterocycles. The summed E-state index contributed by atoms with van der Waals surface area (Å²) in [5.41, 5.74) is 5.57. The maximum atomic E-state index is 12.8. The summed E-state index contributed by atoms with van der Waals surface area (Å²) in [7, 11) is 0. The minimum atomic E-state index is -0.248. The van der Waals surface area contributed by atoms with E-state index in [1.807, 2.05) is 36.4 Å². The van der Waals surface area contributed by atoms with Gasteiger partial charge in [0.2, 0.25) is 5.91 Å². The molecule has 0 atom stereocenters. The van der Waals surface area contributed by atoms with Gasteiger partial charge < -0.3 is 10.2 Å². The number of amides is 2. The van der Waals surface area contributed by atoms with Crippen molar-refractivity contribution in [3.63, 3.8) is 0 Å². The van der Waals surface area contributed by atoms with E-state index in [9.17, 15) is 9.59 Å². The topological polar surface area (TPSA) is 78.1 Å². The maximum absolute atomic E-state index is 12.8. The fraction of sp³-hybridized carbons (Fsp3) is 0.320. The van der Waals surface area contributed by atoms with Gasteiger partial charge in [-0.3, -0.25) is 14.7 Å². The van der Waals surface area contributed by atoms with Gasteiger partial charge in [-0.05, 0) is 35.2 Å². The summed E-state index contributed by atoms with van der Waals surface area (Å²) in [6.07, 6.45) is 0.698. The van der Waals surface area contributed by atoms with Crippen LogP contribution in [0, 0.1) is 0 Å². The van der Waals surface area contributed by atoms with E-state index < -0.39 is 0 Å². The highest BCUT2D eigenvalue weighted by atomic mass is 35.5. The monoisotopic (exact) mass is 450 g/mol. The van der Waals surface area contributed by atoms with Crippen LogP contribution < -0.4 is 5.32 Å². The summed E-state index contributed by atoms with van der Waals surface area (Å²) in [6.45, 7) is 7.39. The first-order valence-electron chi connectivity index (χ1n) is 10.7. The number of rotatable bonds is 4. The number of hydrogen-bond acceptors (Lipinski definition) is 3. The summed E-state index contributed by atoms with van der Waals surface area (Å²) in [4.78, 5) is 27.1. The fourth-order valence-electron chi connectivity index (χ4n) is 3.85. The Kier molecular flexibility index (Phi) is 6.07. The number of nitrogens with one attached hydrogen (secondary N) is 2. The molecule has 2 heterocycles. The molecule has 2 amide bonds. The molecule has 0 fully saturated rings. The van der Waals surface area contributed by atoms with Crippen molar-refractivity contribution in [2.45, 2.75) is 39.2 Å². The van der Waals surface area contributed by atoms with Crippen molar-refractivity contribution < 1.29 is 9.59 Å². The van der Waals surface area contributed by atoms with Crippen LogP contribution in [0.2, 0.25) is 5.02 Å². The van der Waals surface area contributed by atoms with Crippen molar-refractivity contribution >= 4 is 23.4 Å². The van der Waals surface area contributed by atoms with E-state index in [4.69, 9.17) is 11.6 Å². The number of aromatic nitrogens is 2. The zero-order valence-corrected chi connectivity index (χ0v) is 19.3. The molecule has 0 radical (unpaired) electrons. The molecule has 0 saturated carbocycles. The Balaban J connectivity index is 1.39. The molecule has 0 bridgehead atoms. The number of H-pyrrole nitrogens is 1. The van der Waals surface area contributed by atoms with Gasteiger partial charge in [-0.2, -0.15) is 5.10 Å². The van der Waals surface area contributed by atoms with Crippen LogP contribution in [-0.4, -0.2) is 40.0 Å². The van der Waals surface area contributed by atoms with Crippen molar-refractivity contribution in [1.29, 1.82) is 0 Å². The average Bonchev–Trinajstić information content (AvgIpc) is 3.20. The Bertz CT molecular complexity index is 1130. The quantitative estimate of drug-likeness (QED) is 0.620. The highest BCUT2D eigenvalue weighted by Crippen LogP contribution is 2.29. The summed E-state index contributed by atoms with van der Waals surface area (Å²) >= 11 is 6.00. The zero-order chi connectivity index (χ0) is 22.9. The normalized spacial score (nSPS) is 13.6. The van der Waals surface area contributed by atoms with Gasteiger partial charge in [0.25, 0.3) is 5.91 Å². The molecular formula is C25H27ClN4O2. The van der Waals surface area contributed by atoms with Crippen molar-refractivity contribution in [2.24, 2.45) is 0 Å². The number of nitrogens with zero attached hydrogens (tertiary/aromatic N) is 2. The summed E-state index contributed by atoms with van der Waals surface area (Å²) < 4.78 is 0. The first-order valence-corrected chi connectivity index (χ1v) is 11.1. The van der Waals surface area contributed by atoms with E-state index in [-0.39, 0.29) is 23.8 Å². The molecule has 4 rings (SSSR count). The first-order chi connectivity index (χ1) is 15.2. The highest BCUT2D eigenvalue weighted by Gasteiger charge is 2.26. The molecule has 166 valence electrons. The number of hydrogen-bond donors (Lipinski definition) is 2. The number of halogens is 1. The molecule has 2 aromatic carbocycles. The van der Waals surface area contributed by atoms with E-state index in [1.165, 1.54) is 0 Å². The van der Waals surface area contributed by atoms with Crippen LogP contribution >= 0.6 is 11.6 Å². The third-order valence-corrected chi connectivity index (χ3v) is 6.07. The van der Waals surface area contributed by atoms with Crippen LogP contribution in [0.25, 0.3) is 11.3 Å². The van der Waals surface area contributed by atoms with Gasteiger partial charge in [0, 0.05) is 46.9 Å². The molecular weight excluding hydrogens is 424 g/mol. The van der Waals surface area contributed by atoms with Gasteiger partial charge in [0.15, 0.2) is 0 Å². The van der Waals surface area contributed by atoms with Gasteiger partial charge in [0.05, 0.1) is 12.2 Å². The van der Waals surface area contributed by atoms with E-state index in [0.717, 1.165) is 28.1 Å². The first kappa shape index (κ1) is 22.1. The van der Waals surface area contributed by atoms with E-state index in [1.54, 1.807) is 17.0 Å². The molecule has 3 aromatic rings. The summed E-state index contributed by atoms with van der Waals surface area (Å²) in [5, 5.41) is 11.0. The molecule has 32 heavy (non-hydrogen) atoms. The van der Waals surface area contributed by atoms with Gasteiger partial charge >= 0.3 is 0 Å². The lowest BCUT2D eigenvalue weighted by molar-refractivity contribution is -0.131. The lowest BCUT2D eigenvalue weighted by atomic mass is 9.87. The van der Waals surface area contributed by atoms with Crippen LogP contribution in [0.5, 0.6) is 0 Å². The Hall–Kier alpha value is -3.12. The van der Waals surface area contributed by atoms with Crippen LogP contribution in [0.4, 0.5) is 0 Å². The maximum Gasteiger partial charge on any atom is 0.251 e. The summed E-state index contributed by atoms with van der Waals surface area (Å²) in [5.74, 6) is -0.361. The number of fused-ring (bicyclic) bond motifs is 1. The third kappa shape index (κ3) is 4.70. The predicted octanol–water partition coefficient (Wildman–Crippen LogP) is 4.34. The summed E-state index contributed by atoms with van der Waals surface area (Å²) in [6, 6.07) is 15.0. The molecule has 1 aliphatic rings. The van der Waals surface area contributed by atoms with E-state index in [0.29, 0.717) is 30.1 Å². The second kappa shape index (κ2) is 8.79. The van der Waals surface area contributed by atoms with Crippen LogP contribution in [0.3, 0.4) is 0 Å². The predicted molar refractivity (Wildman–Crippen MR) is 126 cm³/mol. The second-order valence-corrected chi connectivity index (χ2v) is 9.55. The average molecular weight is 451 g/mol. The van der Waals surface area contributed by atoms with Crippen LogP contribution in [-0.2, 0) is 23.2 Å². The molecule has 7 heteroatoms.